The summed E-state index contributed by atoms with van der Waals surface area (Å²) in [5.74, 6) is -2.62. The number of amides is 4. The van der Waals surface area contributed by atoms with E-state index in [0.29, 0.717) is 23.3 Å². The molecule has 0 spiro atoms. The molecule has 3 aromatic carbocycles. The molecule has 0 atom stereocenters. The molecule has 0 aromatic heterocycles. The molecule has 3 aromatic rings. The Morgan fingerprint density at radius 3 is 2.34 bits per heavy atom. The summed E-state index contributed by atoms with van der Waals surface area (Å²) in [4.78, 5) is 49.7. The van der Waals surface area contributed by atoms with Gasteiger partial charge < -0.3 is 9.47 Å². The highest BCUT2D eigenvalue weighted by atomic mass is 35.5. The molecule has 0 bridgehead atoms. The molecule has 0 unspecified atom stereocenters. The fraction of sp³-hybridized carbons (Fsp3) is 0.115. The van der Waals surface area contributed by atoms with Gasteiger partial charge in [-0.2, -0.15) is 13.2 Å². The maximum absolute atomic E-state index is 13.3. The number of hydrogen-bond acceptors (Lipinski definition) is 7. The molecule has 1 fully saturated rings. The van der Waals surface area contributed by atoms with Crippen LogP contribution in [0.3, 0.4) is 0 Å². The predicted molar refractivity (Wildman–Crippen MR) is 141 cm³/mol. The van der Waals surface area contributed by atoms with E-state index in [1.807, 2.05) is 5.32 Å². The molecule has 1 heterocycles. The number of carbonyl (C=O) groups is 3. The number of anilines is 1. The molecule has 0 aliphatic carbocycles. The van der Waals surface area contributed by atoms with E-state index >= 15 is 0 Å². The zero-order valence-corrected chi connectivity index (χ0v) is 22.1. The Labute approximate surface area is 239 Å². The van der Waals surface area contributed by atoms with Crippen molar-refractivity contribution < 1.29 is 42.0 Å². The minimum absolute atomic E-state index is 0.000712. The van der Waals surface area contributed by atoms with Gasteiger partial charge in [-0.15, -0.1) is 0 Å². The Balaban J connectivity index is 1.78. The number of halogens is 5. The summed E-state index contributed by atoms with van der Waals surface area (Å²) in [7, 11) is 0. The van der Waals surface area contributed by atoms with Crippen LogP contribution in [0.1, 0.15) is 18.1 Å². The van der Waals surface area contributed by atoms with Gasteiger partial charge in [0.2, 0.25) is 5.75 Å². The molecule has 1 aliphatic heterocycles. The summed E-state index contributed by atoms with van der Waals surface area (Å²) in [5, 5.41) is 13.3. The van der Waals surface area contributed by atoms with Crippen LogP contribution in [0, 0.1) is 10.1 Å². The van der Waals surface area contributed by atoms with Crippen LogP contribution < -0.4 is 19.7 Å². The number of ether oxygens (including phenoxy) is 2. The van der Waals surface area contributed by atoms with Crippen molar-refractivity contribution in [2.24, 2.45) is 0 Å². The summed E-state index contributed by atoms with van der Waals surface area (Å²) in [6.45, 7) is 2.15. The highest BCUT2D eigenvalue weighted by Crippen LogP contribution is 2.42. The summed E-state index contributed by atoms with van der Waals surface area (Å²) in [6.07, 6.45) is -3.88. The smallest absolute Gasteiger partial charge is 0.416 e. The maximum Gasteiger partial charge on any atom is 0.416 e. The van der Waals surface area contributed by atoms with Crippen molar-refractivity contribution in [3.05, 3.63) is 91.5 Å². The van der Waals surface area contributed by atoms with Gasteiger partial charge in [0.15, 0.2) is 5.75 Å². The third-order valence-electron chi connectivity index (χ3n) is 5.54. The molecule has 1 saturated heterocycles. The van der Waals surface area contributed by atoms with Gasteiger partial charge in [-0.1, -0.05) is 23.2 Å². The van der Waals surface area contributed by atoms with Gasteiger partial charge in [0, 0.05) is 16.7 Å². The number of nitrogens with zero attached hydrogens (tertiary/aromatic N) is 2. The molecule has 41 heavy (non-hydrogen) atoms. The zero-order chi connectivity index (χ0) is 30.1. The molecule has 0 saturated carbocycles. The van der Waals surface area contributed by atoms with E-state index < -0.39 is 51.5 Å². The van der Waals surface area contributed by atoms with Gasteiger partial charge in [0.25, 0.3) is 11.8 Å². The quantitative estimate of drug-likeness (QED) is 0.135. The standard InChI is InChI=1S/C26H16Cl2F3N3O7/c1-2-40-17-6-4-16(5-7-17)33-24(36)18(23(35)32-25(33)37)10-13-9-15(27)12-19(28)22(13)41-21-8-3-14(26(29,30)31)11-20(21)34(38)39/h3-12H,2H2,1H3,(H,32,35,37)/b18-10+. The highest BCUT2D eigenvalue weighted by molar-refractivity contribution is 6.40. The van der Waals surface area contributed by atoms with Crippen molar-refractivity contribution in [2.75, 3.05) is 11.5 Å². The fourth-order valence-corrected chi connectivity index (χ4v) is 4.28. The normalized spacial score (nSPS) is 14.7. The zero-order valence-electron chi connectivity index (χ0n) is 20.6. The Kier molecular flexibility index (Phi) is 8.22. The average Bonchev–Trinajstić information content (AvgIpc) is 2.88. The van der Waals surface area contributed by atoms with E-state index in [1.54, 1.807) is 6.92 Å². The lowest BCUT2D eigenvalue weighted by Crippen LogP contribution is -2.54. The molecule has 1 aliphatic rings. The number of nitro groups is 1. The van der Waals surface area contributed by atoms with Crippen LogP contribution in [0.5, 0.6) is 17.2 Å². The Morgan fingerprint density at radius 2 is 1.73 bits per heavy atom. The molecule has 4 amide bonds. The molecular weight excluding hydrogens is 594 g/mol. The second-order valence-corrected chi connectivity index (χ2v) is 9.07. The number of imide groups is 2. The van der Waals surface area contributed by atoms with Gasteiger partial charge >= 0.3 is 17.9 Å². The first-order chi connectivity index (χ1) is 19.3. The van der Waals surface area contributed by atoms with Gasteiger partial charge in [0.05, 0.1) is 27.8 Å². The summed E-state index contributed by atoms with van der Waals surface area (Å²) < 4.78 is 50.3. The molecule has 0 radical (unpaired) electrons. The molecule has 15 heteroatoms. The number of barbiturate groups is 1. The van der Waals surface area contributed by atoms with Gasteiger partial charge in [-0.25, -0.2) is 9.69 Å². The maximum atomic E-state index is 13.3. The molecule has 10 nitrogen and oxygen atoms in total. The number of hydrogen-bond donors (Lipinski definition) is 1. The first-order valence-corrected chi connectivity index (χ1v) is 12.2. The SMILES string of the molecule is CCOc1ccc(N2C(=O)NC(=O)/C(=C\c3cc(Cl)cc(Cl)c3Oc3ccc(C(F)(F)F)cc3[N+](=O)[O-])C2=O)cc1. The molecule has 212 valence electrons. The number of carbonyl (C=O) groups excluding carboxylic acids is 3. The molecule has 4 rings (SSSR count). The monoisotopic (exact) mass is 609 g/mol. The van der Waals surface area contributed by atoms with Crippen molar-refractivity contribution in [1.29, 1.82) is 0 Å². The third-order valence-corrected chi connectivity index (χ3v) is 6.04. The second kappa shape index (κ2) is 11.5. The van der Waals surface area contributed by atoms with Gasteiger partial charge in [-0.3, -0.25) is 25.0 Å². The Bertz CT molecular complexity index is 1610. The van der Waals surface area contributed by atoms with E-state index in [4.69, 9.17) is 32.7 Å². The second-order valence-electron chi connectivity index (χ2n) is 8.23. The summed E-state index contributed by atoms with van der Waals surface area (Å²) >= 11 is 12.3. The fourth-order valence-electron chi connectivity index (χ4n) is 3.73. The van der Waals surface area contributed by atoms with Crippen molar-refractivity contribution in [3.63, 3.8) is 0 Å². The van der Waals surface area contributed by atoms with Crippen LogP contribution in [-0.2, 0) is 15.8 Å². The first kappa shape index (κ1) is 29.4. The Morgan fingerprint density at radius 1 is 1.05 bits per heavy atom. The van der Waals surface area contributed by atoms with E-state index in [-0.39, 0.29) is 33.1 Å². The average molecular weight is 610 g/mol. The van der Waals surface area contributed by atoms with Crippen LogP contribution in [0.2, 0.25) is 10.0 Å². The van der Waals surface area contributed by atoms with E-state index in [1.165, 1.54) is 36.4 Å². The topological polar surface area (TPSA) is 128 Å². The van der Waals surface area contributed by atoms with E-state index in [0.717, 1.165) is 12.1 Å². The van der Waals surface area contributed by atoms with Crippen molar-refractivity contribution in [3.8, 4) is 17.2 Å². The minimum atomic E-state index is -4.86. The van der Waals surface area contributed by atoms with Crippen LogP contribution in [-0.4, -0.2) is 29.4 Å². The van der Waals surface area contributed by atoms with Crippen molar-refractivity contribution in [1.82, 2.24) is 5.32 Å². The lowest BCUT2D eigenvalue weighted by molar-refractivity contribution is -0.385. The lowest BCUT2D eigenvalue weighted by atomic mass is 10.1. The first-order valence-electron chi connectivity index (χ1n) is 11.5. The molecule has 1 N–H and O–H groups in total. The third kappa shape index (κ3) is 6.26. The Hall–Kier alpha value is -4.62. The number of benzene rings is 3. The van der Waals surface area contributed by atoms with Crippen LogP contribution >= 0.6 is 23.2 Å². The van der Waals surface area contributed by atoms with Crippen LogP contribution in [0.25, 0.3) is 6.08 Å². The van der Waals surface area contributed by atoms with Gasteiger partial charge in [-0.05, 0) is 61.5 Å². The van der Waals surface area contributed by atoms with Gasteiger partial charge in [0.1, 0.15) is 11.3 Å². The van der Waals surface area contributed by atoms with Crippen molar-refractivity contribution >= 4 is 58.5 Å². The number of alkyl halides is 3. The number of nitro benzene ring substituents is 1. The summed E-state index contributed by atoms with van der Waals surface area (Å²) in [6, 6.07) is 8.81. The van der Waals surface area contributed by atoms with E-state index in [9.17, 15) is 37.7 Å². The largest absolute Gasteiger partial charge is 0.494 e. The predicted octanol–water partition coefficient (Wildman–Crippen LogP) is 6.78. The van der Waals surface area contributed by atoms with Crippen molar-refractivity contribution in [2.45, 2.75) is 13.1 Å². The van der Waals surface area contributed by atoms with E-state index in [2.05, 4.69) is 0 Å². The number of nitrogens with one attached hydrogen (secondary N) is 1. The van der Waals surface area contributed by atoms with Crippen LogP contribution in [0.4, 0.5) is 29.3 Å². The minimum Gasteiger partial charge on any atom is -0.494 e. The molecular formula is C26H16Cl2F3N3O7. The summed E-state index contributed by atoms with van der Waals surface area (Å²) in [5.41, 5.74) is -2.91. The van der Waals surface area contributed by atoms with Crippen LogP contribution in [0.15, 0.2) is 60.2 Å². The number of rotatable bonds is 7. The lowest BCUT2D eigenvalue weighted by Gasteiger charge is -2.26. The number of urea groups is 1. The highest BCUT2D eigenvalue weighted by Gasteiger charge is 2.37.